The average Bonchev–Trinajstić information content (AvgIpc) is 2.78. The number of nitrogens with one attached hydrogen (secondary N) is 1. The van der Waals surface area contributed by atoms with Gasteiger partial charge in [0, 0.05) is 24.3 Å². The highest BCUT2D eigenvalue weighted by molar-refractivity contribution is 7.88. The van der Waals surface area contributed by atoms with Crippen LogP contribution in [0.25, 0.3) is 0 Å². The summed E-state index contributed by atoms with van der Waals surface area (Å²) in [5.41, 5.74) is 4.15. The highest BCUT2D eigenvalue weighted by Gasteiger charge is 2.25. The lowest BCUT2D eigenvalue weighted by Crippen LogP contribution is -2.35. The number of amides is 1. The fraction of sp³-hybridized carbons (Fsp3) is 0.208. The Hall–Kier alpha value is -3.16. The summed E-state index contributed by atoms with van der Waals surface area (Å²) in [4.78, 5) is 12.9. The largest absolute Gasteiger partial charge is 0.489 e. The summed E-state index contributed by atoms with van der Waals surface area (Å²) in [7, 11) is -3.25. The number of fused-ring (bicyclic) bond motifs is 1. The zero-order chi connectivity index (χ0) is 21.8. The molecule has 0 aromatic heterocycles. The number of benzene rings is 3. The second-order valence-corrected chi connectivity index (χ2v) is 9.53. The predicted octanol–water partition coefficient (Wildman–Crippen LogP) is 3.84. The number of carbonyl (C=O) groups excluding carboxylic acids is 1. The van der Waals surface area contributed by atoms with Gasteiger partial charge in [-0.05, 0) is 47.4 Å². The normalized spacial score (nSPS) is 14.0. The van der Waals surface area contributed by atoms with Gasteiger partial charge in [-0.3, -0.25) is 4.79 Å². The lowest BCUT2D eigenvalue weighted by molar-refractivity contribution is 0.102. The third-order valence-electron chi connectivity index (χ3n) is 5.29. The smallest absolute Gasteiger partial charge is 0.255 e. The van der Waals surface area contributed by atoms with Crippen LogP contribution in [0.5, 0.6) is 5.75 Å². The number of anilines is 1. The summed E-state index contributed by atoms with van der Waals surface area (Å²) in [5, 5.41) is 2.98. The molecule has 0 saturated carbocycles. The summed E-state index contributed by atoms with van der Waals surface area (Å²) in [5.74, 6) is 0.388. The topological polar surface area (TPSA) is 75.7 Å². The maximum absolute atomic E-state index is 12.9. The minimum Gasteiger partial charge on any atom is -0.489 e. The van der Waals surface area contributed by atoms with Gasteiger partial charge in [0.2, 0.25) is 10.0 Å². The Balaban J connectivity index is 1.47. The zero-order valence-corrected chi connectivity index (χ0v) is 18.1. The van der Waals surface area contributed by atoms with E-state index < -0.39 is 10.0 Å². The van der Waals surface area contributed by atoms with Gasteiger partial charge in [-0.25, -0.2) is 8.42 Å². The molecule has 0 bridgehead atoms. The van der Waals surface area contributed by atoms with Crippen molar-refractivity contribution in [3.8, 4) is 5.75 Å². The first kappa shape index (κ1) is 21.1. The van der Waals surface area contributed by atoms with Crippen LogP contribution >= 0.6 is 0 Å². The van der Waals surface area contributed by atoms with Crippen molar-refractivity contribution in [3.05, 3.63) is 95.1 Å². The molecule has 1 N–H and O–H groups in total. The number of rotatable bonds is 6. The Labute approximate surface area is 182 Å². The Kier molecular flexibility index (Phi) is 6.06. The van der Waals surface area contributed by atoms with Gasteiger partial charge in [-0.2, -0.15) is 4.31 Å². The van der Waals surface area contributed by atoms with Crippen molar-refractivity contribution in [3.63, 3.8) is 0 Å². The molecule has 0 saturated heterocycles. The monoisotopic (exact) mass is 436 g/mol. The van der Waals surface area contributed by atoms with E-state index in [1.54, 1.807) is 18.2 Å². The lowest BCUT2D eigenvalue weighted by Gasteiger charge is -2.28. The van der Waals surface area contributed by atoms with Crippen molar-refractivity contribution >= 4 is 21.6 Å². The second-order valence-electron chi connectivity index (χ2n) is 7.55. The quantitative estimate of drug-likeness (QED) is 0.637. The molecular weight excluding hydrogens is 412 g/mol. The summed E-state index contributed by atoms with van der Waals surface area (Å²) in [6.45, 7) is 1.15. The second kappa shape index (κ2) is 8.91. The van der Waals surface area contributed by atoms with Crippen LogP contribution in [0, 0.1) is 0 Å². The lowest BCUT2D eigenvalue weighted by atomic mass is 9.99. The highest BCUT2D eigenvalue weighted by Crippen LogP contribution is 2.28. The van der Waals surface area contributed by atoms with Gasteiger partial charge in [0.05, 0.1) is 6.26 Å². The first-order chi connectivity index (χ1) is 14.9. The van der Waals surface area contributed by atoms with E-state index >= 15 is 0 Å². The van der Waals surface area contributed by atoms with E-state index in [9.17, 15) is 13.2 Å². The van der Waals surface area contributed by atoms with E-state index in [0.29, 0.717) is 43.1 Å². The van der Waals surface area contributed by atoms with Crippen LogP contribution in [0.3, 0.4) is 0 Å². The number of hydrogen-bond acceptors (Lipinski definition) is 4. The van der Waals surface area contributed by atoms with E-state index in [1.807, 2.05) is 54.6 Å². The van der Waals surface area contributed by atoms with Gasteiger partial charge in [-0.15, -0.1) is 0 Å². The first-order valence-electron chi connectivity index (χ1n) is 10.0. The minimum atomic E-state index is -3.25. The van der Waals surface area contributed by atoms with Crippen LogP contribution in [-0.2, 0) is 29.6 Å². The predicted molar refractivity (Wildman–Crippen MR) is 121 cm³/mol. The summed E-state index contributed by atoms with van der Waals surface area (Å²) >= 11 is 0. The Morgan fingerprint density at radius 3 is 2.58 bits per heavy atom. The Morgan fingerprint density at radius 1 is 1.03 bits per heavy atom. The summed E-state index contributed by atoms with van der Waals surface area (Å²) in [6, 6.07) is 22.5. The van der Waals surface area contributed by atoms with Crippen LogP contribution < -0.4 is 10.1 Å². The molecule has 0 radical (unpaired) electrons. The molecule has 0 unspecified atom stereocenters. The summed E-state index contributed by atoms with van der Waals surface area (Å²) in [6.07, 6.45) is 1.77. The van der Waals surface area contributed by atoms with Crippen molar-refractivity contribution in [2.24, 2.45) is 0 Å². The van der Waals surface area contributed by atoms with Gasteiger partial charge in [0.25, 0.3) is 5.91 Å². The standard InChI is InChI=1S/C24H24N2O4S/c1-31(28,29)26-14-13-22-20(16-26)10-6-12-23(22)25-24(27)19-9-5-11-21(15-19)30-17-18-7-3-2-4-8-18/h2-12,15H,13-14,16-17H2,1H3,(H,25,27). The van der Waals surface area contributed by atoms with Gasteiger partial charge >= 0.3 is 0 Å². The zero-order valence-electron chi connectivity index (χ0n) is 17.2. The maximum atomic E-state index is 12.9. The molecule has 31 heavy (non-hydrogen) atoms. The van der Waals surface area contributed by atoms with Crippen LogP contribution in [0.4, 0.5) is 5.69 Å². The van der Waals surface area contributed by atoms with Crippen molar-refractivity contribution in [2.75, 3.05) is 18.1 Å². The number of hydrogen-bond donors (Lipinski definition) is 1. The molecule has 7 heteroatoms. The Bertz CT molecular complexity index is 1190. The number of ether oxygens (including phenoxy) is 1. The molecule has 160 valence electrons. The van der Waals surface area contributed by atoms with Crippen molar-refractivity contribution in [1.82, 2.24) is 4.31 Å². The molecule has 1 aliphatic heterocycles. The molecule has 4 rings (SSSR count). The number of carbonyl (C=O) groups is 1. The molecule has 6 nitrogen and oxygen atoms in total. The molecule has 1 aliphatic rings. The van der Waals surface area contributed by atoms with Crippen LogP contribution in [0.15, 0.2) is 72.8 Å². The maximum Gasteiger partial charge on any atom is 0.255 e. The van der Waals surface area contributed by atoms with Gasteiger partial charge in [0.15, 0.2) is 0 Å². The van der Waals surface area contributed by atoms with Crippen LogP contribution in [0.1, 0.15) is 27.0 Å². The highest BCUT2D eigenvalue weighted by atomic mass is 32.2. The molecule has 3 aromatic carbocycles. The number of sulfonamides is 1. The van der Waals surface area contributed by atoms with Crippen LogP contribution in [0.2, 0.25) is 0 Å². The first-order valence-corrected chi connectivity index (χ1v) is 11.9. The molecule has 0 aliphatic carbocycles. The fourth-order valence-corrected chi connectivity index (χ4v) is 4.44. The molecule has 0 atom stereocenters. The van der Waals surface area contributed by atoms with E-state index in [0.717, 1.165) is 16.7 Å². The SMILES string of the molecule is CS(=O)(=O)N1CCc2c(cccc2NC(=O)c2cccc(OCc3ccccc3)c2)C1. The summed E-state index contributed by atoms with van der Waals surface area (Å²) < 4.78 is 31.0. The molecule has 0 fully saturated rings. The molecular formula is C24H24N2O4S. The molecule has 1 amide bonds. The third kappa shape index (κ3) is 5.13. The molecule has 3 aromatic rings. The minimum absolute atomic E-state index is 0.232. The van der Waals surface area contributed by atoms with E-state index in [4.69, 9.17) is 4.74 Å². The van der Waals surface area contributed by atoms with Crippen molar-refractivity contribution in [2.45, 2.75) is 19.6 Å². The molecule has 0 spiro atoms. The van der Waals surface area contributed by atoms with E-state index in [1.165, 1.54) is 10.6 Å². The number of nitrogens with zero attached hydrogens (tertiary/aromatic N) is 1. The van der Waals surface area contributed by atoms with Crippen LogP contribution in [-0.4, -0.2) is 31.4 Å². The van der Waals surface area contributed by atoms with Crippen molar-refractivity contribution < 1.29 is 17.9 Å². The van der Waals surface area contributed by atoms with Gasteiger partial charge in [-0.1, -0.05) is 48.5 Å². The van der Waals surface area contributed by atoms with Gasteiger partial charge in [0.1, 0.15) is 12.4 Å². The average molecular weight is 437 g/mol. The van der Waals surface area contributed by atoms with E-state index in [2.05, 4.69) is 5.32 Å². The fourth-order valence-electron chi connectivity index (χ4n) is 3.65. The van der Waals surface area contributed by atoms with E-state index in [-0.39, 0.29) is 5.91 Å². The molecule has 1 heterocycles. The third-order valence-corrected chi connectivity index (χ3v) is 6.54. The van der Waals surface area contributed by atoms with Gasteiger partial charge < -0.3 is 10.1 Å². The van der Waals surface area contributed by atoms with Crippen molar-refractivity contribution in [1.29, 1.82) is 0 Å². The Morgan fingerprint density at radius 2 is 1.81 bits per heavy atom.